The summed E-state index contributed by atoms with van der Waals surface area (Å²) in [5.41, 5.74) is 8.93. The van der Waals surface area contributed by atoms with Crippen LogP contribution in [0.4, 0.5) is 5.69 Å². The molecule has 0 fully saturated rings. The van der Waals surface area contributed by atoms with Crippen LogP contribution in [0.15, 0.2) is 54.6 Å². The molecule has 0 heterocycles. The van der Waals surface area contributed by atoms with E-state index in [0.717, 1.165) is 30.5 Å². The zero-order valence-electron chi connectivity index (χ0n) is 11.7. The van der Waals surface area contributed by atoms with E-state index >= 15 is 0 Å². The van der Waals surface area contributed by atoms with Crippen molar-refractivity contribution in [2.45, 2.75) is 32.1 Å². The number of carbonyl (C=O) groups excluding carboxylic acids is 1. The normalized spacial score (nSPS) is 10.4. The van der Waals surface area contributed by atoms with Crippen LogP contribution < -0.4 is 5.73 Å². The van der Waals surface area contributed by atoms with E-state index in [-0.39, 0.29) is 0 Å². The highest BCUT2D eigenvalue weighted by molar-refractivity contribution is 5.78. The summed E-state index contributed by atoms with van der Waals surface area (Å²) in [4.78, 5) is 11.9. The molecule has 2 N–H and O–H groups in total. The molecule has 0 saturated heterocycles. The number of nitrogens with two attached hydrogens (primary N) is 1. The van der Waals surface area contributed by atoms with Gasteiger partial charge in [0, 0.05) is 18.5 Å². The highest BCUT2D eigenvalue weighted by atomic mass is 16.1. The van der Waals surface area contributed by atoms with E-state index in [2.05, 4.69) is 12.1 Å². The van der Waals surface area contributed by atoms with Gasteiger partial charge in [0.15, 0.2) is 0 Å². The van der Waals surface area contributed by atoms with Crippen LogP contribution in [-0.4, -0.2) is 5.78 Å². The maximum Gasteiger partial charge on any atom is 0.133 e. The third-order valence-corrected chi connectivity index (χ3v) is 3.41. The minimum absolute atomic E-state index is 0.336. The first-order valence-corrected chi connectivity index (χ1v) is 7.14. The van der Waals surface area contributed by atoms with Gasteiger partial charge < -0.3 is 5.73 Å². The van der Waals surface area contributed by atoms with Crippen LogP contribution in [-0.2, 0) is 17.6 Å². The average Bonchev–Trinajstić information content (AvgIpc) is 2.46. The van der Waals surface area contributed by atoms with Crippen LogP contribution in [0, 0.1) is 0 Å². The smallest absolute Gasteiger partial charge is 0.133 e. The van der Waals surface area contributed by atoms with Gasteiger partial charge in [0.2, 0.25) is 0 Å². The van der Waals surface area contributed by atoms with Crippen molar-refractivity contribution in [3.63, 3.8) is 0 Å². The van der Waals surface area contributed by atoms with Crippen molar-refractivity contribution in [1.29, 1.82) is 0 Å². The maximum absolute atomic E-state index is 11.9. The lowest BCUT2D eigenvalue weighted by Crippen LogP contribution is -2.01. The third kappa shape index (κ3) is 4.88. The number of aryl methyl sites for hydroxylation is 2. The fourth-order valence-corrected chi connectivity index (χ4v) is 2.29. The van der Waals surface area contributed by atoms with Gasteiger partial charge >= 0.3 is 0 Å². The largest absolute Gasteiger partial charge is 0.399 e. The second kappa shape index (κ2) is 7.49. The standard InChI is InChI=1S/C18H21NO/c19-17-10-4-9-16(14-17)12-13-18(20)11-5-8-15-6-2-1-3-7-15/h1-4,6-7,9-10,14H,5,8,11-13,19H2. The first kappa shape index (κ1) is 14.3. The molecule has 0 spiro atoms. The SMILES string of the molecule is Nc1cccc(CCC(=O)CCCc2ccccc2)c1. The molecule has 2 heteroatoms. The zero-order chi connectivity index (χ0) is 14.2. The van der Waals surface area contributed by atoms with E-state index in [1.54, 1.807) is 0 Å². The van der Waals surface area contributed by atoms with Crippen LogP contribution in [0.1, 0.15) is 30.4 Å². The number of ketones is 1. The Bertz CT molecular complexity index is 548. The molecule has 104 valence electrons. The molecular formula is C18H21NO. The molecule has 0 aliphatic carbocycles. The summed E-state index contributed by atoms with van der Waals surface area (Å²) in [5.74, 6) is 0.336. The quantitative estimate of drug-likeness (QED) is 0.775. The minimum Gasteiger partial charge on any atom is -0.399 e. The monoisotopic (exact) mass is 267 g/mol. The Kier molecular flexibility index (Phi) is 5.36. The van der Waals surface area contributed by atoms with E-state index in [1.807, 2.05) is 42.5 Å². The highest BCUT2D eigenvalue weighted by Gasteiger charge is 2.03. The van der Waals surface area contributed by atoms with Crippen molar-refractivity contribution < 1.29 is 4.79 Å². The second-order valence-corrected chi connectivity index (χ2v) is 5.12. The maximum atomic E-state index is 11.9. The van der Waals surface area contributed by atoms with Gasteiger partial charge in [-0.25, -0.2) is 0 Å². The molecule has 2 aromatic carbocycles. The minimum atomic E-state index is 0.336. The molecule has 2 aromatic rings. The third-order valence-electron chi connectivity index (χ3n) is 3.41. The van der Waals surface area contributed by atoms with Crippen LogP contribution in [0.3, 0.4) is 0 Å². The Morgan fingerprint density at radius 2 is 1.60 bits per heavy atom. The number of hydrogen-bond acceptors (Lipinski definition) is 2. The van der Waals surface area contributed by atoms with Gasteiger partial charge in [-0.2, -0.15) is 0 Å². The number of anilines is 1. The Labute approximate surface area is 120 Å². The summed E-state index contributed by atoms with van der Waals surface area (Å²) < 4.78 is 0. The Hall–Kier alpha value is -2.09. The number of hydrogen-bond donors (Lipinski definition) is 1. The summed E-state index contributed by atoms with van der Waals surface area (Å²) in [7, 11) is 0. The number of Topliss-reactive ketones (excluding diaryl/α,β-unsaturated/α-hetero) is 1. The molecule has 0 aliphatic heterocycles. The van der Waals surface area contributed by atoms with Crippen LogP contribution in [0.2, 0.25) is 0 Å². The van der Waals surface area contributed by atoms with Gasteiger partial charge in [-0.15, -0.1) is 0 Å². The van der Waals surface area contributed by atoms with Crippen molar-refractivity contribution >= 4 is 11.5 Å². The van der Waals surface area contributed by atoms with Crippen molar-refractivity contribution in [3.8, 4) is 0 Å². The molecule has 0 atom stereocenters. The molecule has 2 nitrogen and oxygen atoms in total. The van der Waals surface area contributed by atoms with Gasteiger partial charge in [0.25, 0.3) is 0 Å². The lowest BCUT2D eigenvalue weighted by molar-refractivity contribution is -0.119. The Balaban J connectivity index is 1.68. The number of benzene rings is 2. The van der Waals surface area contributed by atoms with E-state index in [1.165, 1.54) is 5.56 Å². The summed E-state index contributed by atoms with van der Waals surface area (Å²) in [6.45, 7) is 0. The van der Waals surface area contributed by atoms with E-state index in [0.29, 0.717) is 18.6 Å². The van der Waals surface area contributed by atoms with Crippen molar-refractivity contribution in [2.75, 3.05) is 5.73 Å². The topological polar surface area (TPSA) is 43.1 Å². The van der Waals surface area contributed by atoms with Crippen LogP contribution >= 0.6 is 0 Å². The molecule has 0 radical (unpaired) electrons. The Morgan fingerprint density at radius 3 is 2.35 bits per heavy atom. The van der Waals surface area contributed by atoms with Gasteiger partial charge in [-0.3, -0.25) is 4.79 Å². The van der Waals surface area contributed by atoms with Crippen molar-refractivity contribution in [2.24, 2.45) is 0 Å². The number of carbonyl (C=O) groups is 1. The van der Waals surface area contributed by atoms with Gasteiger partial charge in [0.1, 0.15) is 5.78 Å². The summed E-state index contributed by atoms with van der Waals surface area (Å²) in [5, 5.41) is 0. The van der Waals surface area contributed by atoms with Crippen molar-refractivity contribution in [1.82, 2.24) is 0 Å². The average molecular weight is 267 g/mol. The van der Waals surface area contributed by atoms with Crippen molar-refractivity contribution in [3.05, 3.63) is 65.7 Å². The first-order chi connectivity index (χ1) is 9.74. The molecule has 20 heavy (non-hydrogen) atoms. The van der Waals surface area contributed by atoms with Crippen LogP contribution in [0.25, 0.3) is 0 Å². The molecule has 2 rings (SSSR count). The molecule has 0 aromatic heterocycles. The lowest BCUT2D eigenvalue weighted by atomic mass is 10.0. The fourth-order valence-electron chi connectivity index (χ4n) is 2.29. The number of nitrogen functional groups attached to an aromatic ring is 1. The first-order valence-electron chi connectivity index (χ1n) is 7.14. The van der Waals surface area contributed by atoms with E-state index in [4.69, 9.17) is 5.73 Å². The summed E-state index contributed by atoms with van der Waals surface area (Å²) in [6, 6.07) is 18.1. The lowest BCUT2D eigenvalue weighted by Gasteiger charge is -2.03. The predicted octanol–water partition coefficient (Wildman–Crippen LogP) is 3.79. The molecule has 0 saturated carbocycles. The number of rotatable bonds is 7. The zero-order valence-corrected chi connectivity index (χ0v) is 11.7. The molecule has 0 aliphatic rings. The van der Waals surface area contributed by atoms with Gasteiger partial charge in [-0.1, -0.05) is 42.5 Å². The Morgan fingerprint density at radius 1 is 0.850 bits per heavy atom. The summed E-state index contributed by atoms with van der Waals surface area (Å²) in [6.07, 6.45) is 3.97. The van der Waals surface area contributed by atoms with Gasteiger partial charge in [0.05, 0.1) is 0 Å². The highest BCUT2D eigenvalue weighted by Crippen LogP contribution is 2.11. The van der Waals surface area contributed by atoms with Crippen LogP contribution in [0.5, 0.6) is 0 Å². The second-order valence-electron chi connectivity index (χ2n) is 5.12. The molecule has 0 unspecified atom stereocenters. The molecular weight excluding hydrogens is 246 g/mol. The van der Waals surface area contributed by atoms with E-state index in [9.17, 15) is 4.79 Å². The molecule has 0 amide bonds. The van der Waals surface area contributed by atoms with Gasteiger partial charge in [-0.05, 0) is 42.5 Å². The fraction of sp³-hybridized carbons (Fsp3) is 0.278. The molecule has 0 bridgehead atoms. The van der Waals surface area contributed by atoms with E-state index < -0.39 is 0 Å². The predicted molar refractivity (Wildman–Crippen MR) is 83.6 cm³/mol. The summed E-state index contributed by atoms with van der Waals surface area (Å²) >= 11 is 0.